The number of carbonyl (C=O) groups excluding carboxylic acids is 1. The Morgan fingerprint density at radius 3 is 2.69 bits per heavy atom. The Labute approximate surface area is 78.6 Å². The summed E-state index contributed by atoms with van der Waals surface area (Å²) < 4.78 is 4.68. The third-order valence-corrected chi connectivity index (χ3v) is 1.35. The number of hydrogen-bond donors (Lipinski definition) is 2. The monoisotopic (exact) mass is 190 g/mol. The minimum atomic E-state index is -0.693. The molecule has 2 N–H and O–H groups in total. The summed E-state index contributed by atoms with van der Waals surface area (Å²) in [7, 11) is 3.63. The van der Waals surface area contributed by atoms with Crippen molar-refractivity contribution >= 4 is 5.97 Å². The highest BCUT2D eigenvalue weighted by molar-refractivity contribution is 5.69. The maximum atomic E-state index is 10.9. The number of aliphatic hydroxyl groups is 1. The van der Waals surface area contributed by atoms with Crippen molar-refractivity contribution in [2.24, 2.45) is 0 Å². The average Bonchev–Trinajstić information content (AvgIpc) is 2.01. The maximum Gasteiger partial charge on any atom is 0.308 e. The number of nitrogens with zero attached hydrogens (tertiary/aromatic N) is 1. The van der Waals surface area contributed by atoms with Gasteiger partial charge in [0, 0.05) is 20.6 Å². The largest absolute Gasteiger partial charge is 0.466 e. The molecule has 1 unspecified atom stereocenters. The first-order valence-electron chi connectivity index (χ1n) is 4.30. The van der Waals surface area contributed by atoms with Gasteiger partial charge in [0.2, 0.25) is 0 Å². The molecule has 0 aliphatic carbocycles. The lowest BCUT2D eigenvalue weighted by molar-refractivity contribution is -0.145. The van der Waals surface area contributed by atoms with E-state index in [9.17, 15) is 9.90 Å². The summed E-state index contributed by atoms with van der Waals surface area (Å²) in [6.07, 6.45) is -0.657. The van der Waals surface area contributed by atoms with Gasteiger partial charge in [0.1, 0.15) is 0 Å². The molecule has 0 saturated heterocycles. The fourth-order valence-electron chi connectivity index (χ4n) is 0.772. The van der Waals surface area contributed by atoms with Crippen LogP contribution in [0.25, 0.3) is 0 Å². The van der Waals surface area contributed by atoms with Gasteiger partial charge < -0.3 is 9.84 Å². The number of nitrogens with one attached hydrogen (secondary N) is 1. The van der Waals surface area contributed by atoms with Crippen LogP contribution in [0.1, 0.15) is 13.3 Å². The summed E-state index contributed by atoms with van der Waals surface area (Å²) in [5, 5.41) is 11.0. The van der Waals surface area contributed by atoms with Crippen LogP contribution in [-0.4, -0.2) is 49.4 Å². The zero-order valence-corrected chi connectivity index (χ0v) is 8.41. The van der Waals surface area contributed by atoms with Crippen LogP contribution < -0.4 is 5.43 Å². The van der Waals surface area contributed by atoms with Crippen molar-refractivity contribution in [1.82, 2.24) is 10.4 Å². The highest BCUT2D eigenvalue weighted by Crippen LogP contribution is 1.93. The Bertz CT molecular complexity index is 150. The minimum Gasteiger partial charge on any atom is -0.466 e. The van der Waals surface area contributed by atoms with Crippen LogP contribution in [0.15, 0.2) is 0 Å². The molecule has 5 nitrogen and oxygen atoms in total. The first-order chi connectivity index (χ1) is 6.06. The summed E-state index contributed by atoms with van der Waals surface area (Å²) in [4.78, 5) is 10.9. The number of ether oxygens (including phenoxy) is 1. The van der Waals surface area contributed by atoms with Crippen molar-refractivity contribution in [2.75, 3.05) is 27.2 Å². The van der Waals surface area contributed by atoms with Crippen LogP contribution in [0.5, 0.6) is 0 Å². The van der Waals surface area contributed by atoms with E-state index in [1.807, 2.05) is 14.1 Å². The molecule has 0 heterocycles. The van der Waals surface area contributed by atoms with Crippen molar-refractivity contribution in [3.8, 4) is 0 Å². The van der Waals surface area contributed by atoms with E-state index in [1.165, 1.54) is 0 Å². The van der Waals surface area contributed by atoms with E-state index in [-0.39, 0.29) is 12.4 Å². The number of esters is 1. The van der Waals surface area contributed by atoms with Crippen molar-refractivity contribution < 1.29 is 14.6 Å². The number of aliphatic hydroxyl groups excluding tert-OH is 1. The van der Waals surface area contributed by atoms with Crippen molar-refractivity contribution in [3.05, 3.63) is 0 Å². The number of carbonyl (C=O) groups is 1. The van der Waals surface area contributed by atoms with E-state index in [4.69, 9.17) is 0 Å². The minimum absolute atomic E-state index is 0.0364. The summed E-state index contributed by atoms with van der Waals surface area (Å²) in [6, 6.07) is 0. The smallest absolute Gasteiger partial charge is 0.308 e. The van der Waals surface area contributed by atoms with Gasteiger partial charge in [-0.15, -0.1) is 0 Å². The highest BCUT2D eigenvalue weighted by Gasteiger charge is 2.10. The van der Waals surface area contributed by atoms with Crippen LogP contribution >= 0.6 is 0 Å². The van der Waals surface area contributed by atoms with Gasteiger partial charge in [0.25, 0.3) is 0 Å². The second-order valence-corrected chi connectivity index (χ2v) is 2.92. The number of hydrogen-bond acceptors (Lipinski definition) is 5. The second-order valence-electron chi connectivity index (χ2n) is 2.92. The van der Waals surface area contributed by atoms with E-state index >= 15 is 0 Å². The standard InChI is InChI=1S/C8H18N2O3/c1-4-13-8(12)5-7(11)6-9-10(2)3/h7,9,11H,4-6H2,1-3H3. The number of hydrazine groups is 1. The second kappa shape index (κ2) is 6.82. The Morgan fingerprint density at radius 1 is 1.62 bits per heavy atom. The van der Waals surface area contributed by atoms with Crippen LogP contribution in [0.2, 0.25) is 0 Å². The fraction of sp³-hybridized carbons (Fsp3) is 0.875. The maximum absolute atomic E-state index is 10.9. The zero-order chi connectivity index (χ0) is 10.3. The molecule has 0 aromatic carbocycles. The Morgan fingerprint density at radius 2 is 2.23 bits per heavy atom. The molecule has 5 heteroatoms. The number of rotatable bonds is 6. The van der Waals surface area contributed by atoms with Gasteiger partial charge in [-0.3, -0.25) is 15.2 Å². The summed E-state index contributed by atoms with van der Waals surface area (Å²) in [6.45, 7) is 2.45. The molecule has 0 aliphatic rings. The topological polar surface area (TPSA) is 61.8 Å². The lowest BCUT2D eigenvalue weighted by atomic mass is 10.2. The van der Waals surface area contributed by atoms with Gasteiger partial charge in [0.15, 0.2) is 0 Å². The molecule has 0 rings (SSSR count). The Balaban J connectivity index is 3.49. The molecule has 0 aromatic rings. The van der Waals surface area contributed by atoms with Gasteiger partial charge in [0.05, 0.1) is 19.1 Å². The summed E-state index contributed by atoms with van der Waals surface area (Å²) >= 11 is 0. The molecular weight excluding hydrogens is 172 g/mol. The van der Waals surface area contributed by atoms with Crippen molar-refractivity contribution in [1.29, 1.82) is 0 Å². The molecule has 0 bridgehead atoms. The Kier molecular flexibility index (Phi) is 6.48. The van der Waals surface area contributed by atoms with Gasteiger partial charge in [-0.1, -0.05) is 0 Å². The van der Waals surface area contributed by atoms with Gasteiger partial charge in [-0.25, -0.2) is 0 Å². The van der Waals surface area contributed by atoms with E-state index in [0.29, 0.717) is 13.2 Å². The molecular formula is C8H18N2O3. The average molecular weight is 190 g/mol. The fourth-order valence-corrected chi connectivity index (χ4v) is 0.772. The summed E-state index contributed by atoms with van der Waals surface area (Å²) in [5.74, 6) is -0.365. The molecule has 0 spiro atoms. The van der Waals surface area contributed by atoms with Crippen LogP contribution in [0.3, 0.4) is 0 Å². The highest BCUT2D eigenvalue weighted by atomic mass is 16.5. The molecule has 78 valence electrons. The van der Waals surface area contributed by atoms with E-state index < -0.39 is 6.10 Å². The van der Waals surface area contributed by atoms with Crippen molar-refractivity contribution in [3.63, 3.8) is 0 Å². The van der Waals surface area contributed by atoms with Gasteiger partial charge in [-0.05, 0) is 6.92 Å². The van der Waals surface area contributed by atoms with Crippen LogP contribution in [0, 0.1) is 0 Å². The molecule has 1 atom stereocenters. The molecule has 0 radical (unpaired) electrons. The zero-order valence-electron chi connectivity index (χ0n) is 8.41. The predicted octanol–water partition coefficient (Wildman–Crippen LogP) is -0.633. The van der Waals surface area contributed by atoms with Gasteiger partial charge in [-0.2, -0.15) is 0 Å². The SMILES string of the molecule is CCOC(=O)CC(O)CNN(C)C. The molecule has 0 aromatic heterocycles. The first kappa shape index (κ1) is 12.3. The van der Waals surface area contributed by atoms with Crippen LogP contribution in [-0.2, 0) is 9.53 Å². The molecule has 0 fully saturated rings. The van der Waals surface area contributed by atoms with E-state index in [2.05, 4.69) is 10.2 Å². The summed E-state index contributed by atoms with van der Waals surface area (Å²) in [5.41, 5.74) is 2.87. The molecule has 0 amide bonds. The molecule has 13 heavy (non-hydrogen) atoms. The molecule has 0 aliphatic heterocycles. The van der Waals surface area contributed by atoms with E-state index in [0.717, 1.165) is 0 Å². The third kappa shape index (κ3) is 7.70. The lowest BCUT2D eigenvalue weighted by Gasteiger charge is -2.15. The molecule has 0 saturated carbocycles. The van der Waals surface area contributed by atoms with Gasteiger partial charge >= 0.3 is 5.97 Å². The normalized spacial score (nSPS) is 13.0. The first-order valence-corrected chi connectivity index (χ1v) is 4.30. The van der Waals surface area contributed by atoms with Crippen LogP contribution in [0.4, 0.5) is 0 Å². The third-order valence-electron chi connectivity index (χ3n) is 1.35. The lowest BCUT2D eigenvalue weighted by Crippen LogP contribution is -2.37. The van der Waals surface area contributed by atoms with Crippen molar-refractivity contribution in [2.45, 2.75) is 19.4 Å². The Hall–Kier alpha value is -0.650. The predicted molar refractivity (Wildman–Crippen MR) is 48.9 cm³/mol. The van der Waals surface area contributed by atoms with E-state index in [1.54, 1.807) is 11.9 Å². The quantitative estimate of drug-likeness (QED) is 0.431.